The highest BCUT2D eigenvalue weighted by Crippen LogP contribution is 2.10. The average Bonchev–Trinajstić information content (AvgIpc) is 2.41. The molecule has 0 aromatic carbocycles. The van der Waals surface area contributed by atoms with Crippen molar-refractivity contribution in [3.05, 3.63) is 11.9 Å². The fraction of sp³-hybridized carbons (Fsp3) is 0.714. The molecule has 0 radical (unpaired) electrons. The molecule has 2 N–H and O–H groups in total. The zero-order valence-corrected chi connectivity index (χ0v) is 12.7. The number of methoxy groups -OCH3 is 1. The van der Waals surface area contributed by atoms with Gasteiger partial charge in [-0.15, -0.1) is 0 Å². The summed E-state index contributed by atoms with van der Waals surface area (Å²) >= 11 is 0. The number of aryl methyl sites for hydroxylation is 1. The Balaban J connectivity index is 2.18. The number of unbranched alkanes of at least 4 members (excludes halogenated alkanes) is 1. The van der Waals surface area contributed by atoms with Crippen LogP contribution in [0.4, 0.5) is 11.6 Å². The van der Waals surface area contributed by atoms with E-state index in [-0.39, 0.29) is 0 Å². The number of nitrogens with zero attached hydrogens (tertiary/aromatic N) is 2. The van der Waals surface area contributed by atoms with Gasteiger partial charge in [-0.05, 0) is 26.7 Å². The zero-order valence-electron chi connectivity index (χ0n) is 12.7. The van der Waals surface area contributed by atoms with Crippen molar-refractivity contribution in [2.45, 2.75) is 26.7 Å². The van der Waals surface area contributed by atoms with Gasteiger partial charge in [0, 0.05) is 32.9 Å². The van der Waals surface area contributed by atoms with Crippen molar-refractivity contribution in [3.8, 4) is 0 Å². The summed E-state index contributed by atoms with van der Waals surface area (Å²) in [6, 6.07) is 1.94. The van der Waals surface area contributed by atoms with Gasteiger partial charge in [-0.3, -0.25) is 0 Å². The number of rotatable bonds is 11. The fourth-order valence-corrected chi connectivity index (χ4v) is 1.72. The second kappa shape index (κ2) is 10.4. The minimum atomic E-state index is 0.658. The number of anilines is 2. The molecular weight excluding hydrogens is 256 g/mol. The molecule has 0 amide bonds. The first kappa shape index (κ1) is 16.7. The Bertz CT molecular complexity index is 374. The number of hydrogen-bond donors (Lipinski definition) is 2. The van der Waals surface area contributed by atoms with Crippen molar-refractivity contribution >= 4 is 11.6 Å². The van der Waals surface area contributed by atoms with Crippen molar-refractivity contribution in [2.24, 2.45) is 0 Å². The van der Waals surface area contributed by atoms with Gasteiger partial charge in [0.25, 0.3) is 0 Å². The third-order valence-corrected chi connectivity index (χ3v) is 2.65. The number of hydrogen-bond acceptors (Lipinski definition) is 6. The Morgan fingerprint density at radius 1 is 1.05 bits per heavy atom. The lowest BCUT2D eigenvalue weighted by Crippen LogP contribution is -2.09. The molecule has 20 heavy (non-hydrogen) atoms. The van der Waals surface area contributed by atoms with Crippen LogP contribution in [-0.4, -0.2) is 50.0 Å². The maximum atomic E-state index is 5.41. The Kier molecular flexibility index (Phi) is 8.66. The molecule has 1 rings (SSSR count). The van der Waals surface area contributed by atoms with Crippen molar-refractivity contribution in [2.75, 3.05) is 50.7 Å². The molecule has 1 aromatic rings. The van der Waals surface area contributed by atoms with Crippen LogP contribution in [0.5, 0.6) is 0 Å². The smallest absolute Gasteiger partial charge is 0.131 e. The van der Waals surface area contributed by atoms with Crippen LogP contribution in [0.1, 0.15) is 25.6 Å². The molecule has 6 nitrogen and oxygen atoms in total. The van der Waals surface area contributed by atoms with Crippen LogP contribution < -0.4 is 10.6 Å². The average molecular weight is 282 g/mol. The summed E-state index contributed by atoms with van der Waals surface area (Å²) in [6.07, 6.45) is 2.08. The van der Waals surface area contributed by atoms with Gasteiger partial charge in [-0.2, -0.15) is 0 Å². The summed E-state index contributed by atoms with van der Waals surface area (Å²) in [4.78, 5) is 8.68. The van der Waals surface area contributed by atoms with E-state index >= 15 is 0 Å². The molecule has 0 aliphatic rings. The highest BCUT2D eigenvalue weighted by molar-refractivity contribution is 5.47. The third kappa shape index (κ3) is 7.25. The van der Waals surface area contributed by atoms with E-state index in [0.29, 0.717) is 13.2 Å². The highest BCUT2D eigenvalue weighted by Gasteiger charge is 2.00. The molecule has 0 aliphatic carbocycles. The number of ether oxygens (including phenoxy) is 2. The normalized spacial score (nSPS) is 10.6. The van der Waals surface area contributed by atoms with E-state index in [1.165, 1.54) is 0 Å². The van der Waals surface area contributed by atoms with Gasteiger partial charge in [-0.25, -0.2) is 9.97 Å². The van der Waals surface area contributed by atoms with Gasteiger partial charge in [0.1, 0.15) is 17.5 Å². The fourth-order valence-electron chi connectivity index (χ4n) is 1.72. The molecule has 0 atom stereocenters. The lowest BCUT2D eigenvalue weighted by Gasteiger charge is -2.09. The first-order valence-corrected chi connectivity index (χ1v) is 7.16. The molecule has 0 saturated carbocycles. The molecule has 0 fully saturated rings. The van der Waals surface area contributed by atoms with Crippen molar-refractivity contribution in [1.82, 2.24) is 9.97 Å². The van der Waals surface area contributed by atoms with E-state index in [1.54, 1.807) is 7.11 Å². The van der Waals surface area contributed by atoms with Crippen LogP contribution in [0.15, 0.2) is 6.07 Å². The van der Waals surface area contributed by atoms with E-state index < -0.39 is 0 Å². The molecule has 0 spiro atoms. The number of aromatic nitrogens is 2. The maximum Gasteiger partial charge on any atom is 0.131 e. The molecule has 0 aliphatic heterocycles. The number of nitrogens with one attached hydrogen (secondary N) is 2. The first-order chi connectivity index (χ1) is 9.76. The molecule has 1 heterocycles. The summed E-state index contributed by atoms with van der Waals surface area (Å²) in [7, 11) is 1.68. The van der Waals surface area contributed by atoms with Crippen LogP contribution in [0, 0.1) is 6.92 Å². The second-order valence-corrected chi connectivity index (χ2v) is 4.46. The largest absolute Gasteiger partial charge is 0.382 e. The van der Waals surface area contributed by atoms with Gasteiger partial charge >= 0.3 is 0 Å². The lowest BCUT2D eigenvalue weighted by molar-refractivity contribution is 0.0691. The molecule has 0 saturated heterocycles. The zero-order chi connectivity index (χ0) is 14.6. The van der Waals surface area contributed by atoms with Crippen molar-refractivity contribution in [1.29, 1.82) is 0 Å². The topological polar surface area (TPSA) is 68.3 Å². The van der Waals surface area contributed by atoms with Gasteiger partial charge in [0.2, 0.25) is 0 Å². The second-order valence-electron chi connectivity index (χ2n) is 4.46. The van der Waals surface area contributed by atoms with Gasteiger partial charge in [0.15, 0.2) is 0 Å². The minimum Gasteiger partial charge on any atom is -0.382 e. The molecule has 114 valence electrons. The van der Waals surface area contributed by atoms with Gasteiger partial charge < -0.3 is 20.1 Å². The van der Waals surface area contributed by atoms with Crippen LogP contribution in [0.3, 0.4) is 0 Å². The first-order valence-electron chi connectivity index (χ1n) is 7.16. The summed E-state index contributed by atoms with van der Waals surface area (Å²) < 4.78 is 10.3. The van der Waals surface area contributed by atoms with Gasteiger partial charge in [0.05, 0.1) is 13.2 Å². The predicted octanol–water partition coefficient (Wildman–Crippen LogP) is 2.07. The Morgan fingerprint density at radius 3 is 2.50 bits per heavy atom. The molecular formula is C14H26N4O2. The van der Waals surface area contributed by atoms with Crippen molar-refractivity contribution in [3.63, 3.8) is 0 Å². The Hall–Kier alpha value is -1.40. The van der Waals surface area contributed by atoms with Crippen LogP contribution in [0.25, 0.3) is 0 Å². The lowest BCUT2D eigenvalue weighted by atomic mass is 10.3. The van der Waals surface area contributed by atoms with Crippen LogP contribution >= 0.6 is 0 Å². The molecule has 1 aromatic heterocycles. The quantitative estimate of drug-likeness (QED) is 0.606. The van der Waals surface area contributed by atoms with Crippen LogP contribution in [-0.2, 0) is 9.47 Å². The molecule has 6 heteroatoms. The van der Waals surface area contributed by atoms with Gasteiger partial charge in [-0.1, -0.05) is 0 Å². The third-order valence-electron chi connectivity index (χ3n) is 2.65. The van der Waals surface area contributed by atoms with E-state index in [0.717, 1.165) is 50.0 Å². The SMILES string of the molecule is CCNc1cc(NCCCCOCCOC)nc(C)n1. The molecule has 0 unspecified atom stereocenters. The Morgan fingerprint density at radius 2 is 1.80 bits per heavy atom. The van der Waals surface area contributed by atoms with Crippen molar-refractivity contribution < 1.29 is 9.47 Å². The maximum absolute atomic E-state index is 5.41. The predicted molar refractivity (Wildman–Crippen MR) is 81.4 cm³/mol. The van der Waals surface area contributed by atoms with E-state index in [4.69, 9.17) is 9.47 Å². The van der Waals surface area contributed by atoms with E-state index in [9.17, 15) is 0 Å². The monoisotopic (exact) mass is 282 g/mol. The standard InChI is InChI=1S/C14H26N4O2/c1-4-15-13-11-14(18-12(2)17-13)16-7-5-6-8-20-10-9-19-3/h11H,4-10H2,1-3H3,(H2,15,16,17,18). The summed E-state index contributed by atoms with van der Waals surface area (Å²) in [5.41, 5.74) is 0. The summed E-state index contributed by atoms with van der Waals surface area (Å²) in [5, 5.41) is 6.51. The Labute approximate surface area is 121 Å². The highest BCUT2D eigenvalue weighted by atomic mass is 16.5. The van der Waals surface area contributed by atoms with E-state index in [2.05, 4.69) is 20.6 Å². The summed E-state index contributed by atoms with van der Waals surface area (Å²) in [5.74, 6) is 2.51. The minimum absolute atomic E-state index is 0.658. The molecule has 0 bridgehead atoms. The summed E-state index contributed by atoms with van der Waals surface area (Å²) in [6.45, 7) is 7.79. The van der Waals surface area contributed by atoms with Crippen LogP contribution in [0.2, 0.25) is 0 Å². The van der Waals surface area contributed by atoms with E-state index in [1.807, 2.05) is 19.9 Å².